The Morgan fingerprint density at radius 2 is 2.18 bits per heavy atom. The van der Waals surface area contributed by atoms with Crippen molar-refractivity contribution in [3.8, 4) is 0 Å². The van der Waals surface area contributed by atoms with E-state index >= 15 is 0 Å². The van der Waals surface area contributed by atoms with Gasteiger partial charge in [-0.1, -0.05) is 0 Å². The van der Waals surface area contributed by atoms with Crippen LogP contribution in [0.25, 0.3) is 0 Å². The minimum absolute atomic E-state index is 0.00319. The molecular weight excluding hydrogens is 222 g/mol. The summed E-state index contributed by atoms with van der Waals surface area (Å²) in [6.07, 6.45) is 1.69. The van der Waals surface area contributed by atoms with E-state index in [0.717, 1.165) is 25.9 Å². The SMILES string of the molecule is O=C(NC1CCOC1)C(=O)N1CCCNCC1. The molecule has 2 aliphatic rings. The Kier molecular flexibility index (Phi) is 4.33. The van der Waals surface area contributed by atoms with Gasteiger partial charge in [-0.2, -0.15) is 0 Å². The Balaban J connectivity index is 1.82. The molecule has 2 heterocycles. The predicted molar refractivity (Wildman–Crippen MR) is 61.4 cm³/mol. The van der Waals surface area contributed by atoms with Crippen LogP contribution < -0.4 is 10.6 Å². The van der Waals surface area contributed by atoms with Crippen LogP contribution in [0.1, 0.15) is 12.8 Å². The van der Waals surface area contributed by atoms with Crippen LogP contribution in [0, 0.1) is 0 Å². The van der Waals surface area contributed by atoms with Crippen molar-refractivity contribution >= 4 is 11.8 Å². The zero-order valence-electron chi connectivity index (χ0n) is 9.91. The molecule has 2 rings (SSSR count). The maximum Gasteiger partial charge on any atom is 0.311 e. The summed E-state index contributed by atoms with van der Waals surface area (Å²) in [5.41, 5.74) is 0. The van der Waals surface area contributed by atoms with Crippen LogP contribution in [-0.4, -0.2) is 62.1 Å². The van der Waals surface area contributed by atoms with E-state index in [0.29, 0.717) is 26.3 Å². The second-order valence-electron chi connectivity index (χ2n) is 4.43. The molecule has 0 bridgehead atoms. The third-order valence-electron chi connectivity index (χ3n) is 3.09. The van der Waals surface area contributed by atoms with Crippen molar-refractivity contribution in [3.05, 3.63) is 0 Å². The molecule has 0 aromatic heterocycles. The van der Waals surface area contributed by atoms with Gasteiger partial charge in [-0.25, -0.2) is 0 Å². The molecule has 0 radical (unpaired) electrons. The summed E-state index contributed by atoms with van der Waals surface area (Å²) in [4.78, 5) is 25.2. The Labute approximate surface area is 101 Å². The van der Waals surface area contributed by atoms with Gasteiger partial charge < -0.3 is 20.3 Å². The van der Waals surface area contributed by atoms with Crippen LogP contribution >= 0.6 is 0 Å². The Morgan fingerprint density at radius 3 is 2.94 bits per heavy atom. The minimum atomic E-state index is -0.498. The van der Waals surface area contributed by atoms with Crippen LogP contribution in [0.15, 0.2) is 0 Å². The normalized spacial score (nSPS) is 25.4. The molecule has 2 fully saturated rings. The molecule has 2 N–H and O–H groups in total. The number of amides is 2. The van der Waals surface area contributed by atoms with Crippen molar-refractivity contribution in [2.45, 2.75) is 18.9 Å². The molecule has 1 atom stereocenters. The van der Waals surface area contributed by atoms with Gasteiger partial charge in [0.2, 0.25) is 0 Å². The summed E-state index contributed by atoms with van der Waals surface area (Å²) in [6, 6.07) is -0.00319. The Hall–Kier alpha value is -1.14. The largest absolute Gasteiger partial charge is 0.379 e. The molecule has 2 saturated heterocycles. The third-order valence-corrected chi connectivity index (χ3v) is 3.09. The highest BCUT2D eigenvalue weighted by Crippen LogP contribution is 2.04. The topological polar surface area (TPSA) is 70.7 Å². The van der Waals surface area contributed by atoms with Gasteiger partial charge in [0.15, 0.2) is 0 Å². The lowest BCUT2D eigenvalue weighted by Gasteiger charge is -2.20. The van der Waals surface area contributed by atoms with Crippen LogP contribution in [0.4, 0.5) is 0 Å². The average Bonchev–Trinajstić information content (AvgIpc) is 2.68. The fourth-order valence-corrected chi connectivity index (χ4v) is 2.09. The van der Waals surface area contributed by atoms with E-state index in [-0.39, 0.29) is 6.04 Å². The summed E-state index contributed by atoms with van der Waals surface area (Å²) in [5.74, 6) is -0.914. The number of carbonyl (C=O) groups is 2. The molecule has 0 spiro atoms. The number of rotatable bonds is 1. The van der Waals surface area contributed by atoms with Gasteiger partial charge in [-0.3, -0.25) is 9.59 Å². The van der Waals surface area contributed by atoms with E-state index in [9.17, 15) is 9.59 Å². The molecule has 6 nitrogen and oxygen atoms in total. The molecule has 17 heavy (non-hydrogen) atoms. The fraction of sp³-hybridized carbons (Fsp3) is 0.818. The zero-order valence-corrected chi connectivity index (χ0v) is 9.91. The lowest BCUT2D eigenvalue weighted by Crippen LogP contribution is -2.47. The van der Waals surface area contributed by atoms with E-state index in [4.69, 9.17) is 4.74 Å². The highest BCUT2D eigenvalue weighted by atomic mass is 16.5. The highest BCUT2D eigenvalue weighted by Gasteiger charge is 2.26. The predicted octanol–water partition coefficient (Wildman–Crippen LogP) is -1.29. The summed E-state index contributed by atoms with van der Waals surface area (Å²) in [6.45, 7) is 4.09. The standard InChI is InChI=1S/C11H19N3O3/c15-10(13-9-2-7-17-8-9)11(16)14-5-1-3-12-4-6-14/h9,12H,1-8H2,(H,13,15). The average molecular weight is 241 g/mol. The molecule has 0 aromatic carbocycles. The molecular formula is C11H19N3O3. The van der Waals surface area contributed by atoms with Crippen LogP contribution in [0.2, 0.25) is 0 Å². The van der Waals surface area contributed by atoms with Crippen molar-refractivity contribution in [2.24, 2.45) is 0 Å². The second-order valence-corrected chi connectivity index (χ2v) is 4.43. The lowest BCUT2D eigenvalue weighted by molar-refractivity contribution is -0.146. The molecule has 2 aliphatic heterocycles. The summed E-state index contributed by atoms with van der Waals surface area (Å²) < 4.78 is 5.15. The van der Waals surface area contributed by atoms with Gasteiger partial charge in [-0.05, 0) is 19.4 Å². The second kappa shape index (κ2) is 5.97. The Bertz CT molecular complexity index is 282. The van der Waals surface area contributed by atoms with Crippen molar-refractivity contribution in [1.82, 2.24) is 15.5 Å². The molecule has 6 heteroatoms. The van der Waals surface area contributed by atoms with E-state index in [2.05, 4.69) is 10.6 Å². The van der Waals surface area contributed by atoms with Gasteiger partial charge in [0.1, 0.15) is 0 Å². The van der Waals surface area contributed by atoms with Crippen LogP contribution in [0.3, 0.4) is 0 Å². The lowest BCUT2D eigenvalue weighted by atomic mass is 10.2. The van der Waals surface area contributed by atoms with Gasteiger partial charge in [0, 0.05) is 26.2 Å². The highest BCUT2D eigenvalue weighted by molar-refractivity contribution is 6.35. The van der Waals surface area contributed by atoms with Gasteiger partial charge >= 0.3 is 11.8 Å². The number of hydrogen-bond donors (Lipinski definition) is 2. The van der Waals surface area contributed by atoms with E-state index in [1.165, 1.54) is 0 Å². The number of hydrogen-bond acceptors (Lipinski definition) is 4. The summed E-state index contributed by atoms with van der Waals surface area (Å²) in [7, 11) is 0. The first-order valence-electron chi connectivity index (χ1n) is 6.15. The first-order valence-corrected chi connectivity index (χ1v) is 6.15. The van der Waals surface area contributed by atoms with Crippen LogP contribution in [-0.2, 0) is 14.3 Å². The Morgan fingerprint density at radius 1 is 1.29 bits per heavy atom. The van der Waals surface area contributed by atoms with Gasteiger partial charge in [-0.15, -0.1) is 0 Å². The number of carbonyl (C=O) groups excluding carboxylic acids is 2. The van der Waals surface area contributed by atoms with Crippen molar-refractivity contribution < 1.29 is 14.3 Å². The molecule has 0 aliphatic carbocycles. The van der Waals surface area contributed by atoms with Gasteiger partial charge in [0.25, 0.3) is 0 Å². The fourth-order valence-electron chi connectivity index (χ4n) is 2.09. The summed E-state index contributed by atoms with van der Waals surface area (Å²) >= 11 is 0. The maximum atomic E-state index is 11.9. The number of ether oxygens (including phenoxy) is 1. The summed E-state index contributed by atoms with van der Waals surface area (Å²) in [5, 5.41) is 5.92. The number of nitrogens with one attached hydrogen (secondary N) is 2. The minimum Gasteiger partial charge on any atom is -0.379 e. The first kappa shape index (κ1) is 12.3. The van der Waals surface area contributed by atoms with Crippen molar-refractivity contribution in [1.29, 1.82) is 0 Å². The quantitative estimate of drug-likeness (QED) is 0.561. The smallest absolute Gasteiger partial charge is 0.311 e. The number of nitrogens with zero attached hydrogens (tertiary/aromatic N) is 1. The molecule has 0 aromatic rings. The maximum absolute atomic E-state index is 11.9. The van der Waals surface area contributed by atoms with Crippen LogP contribution in [0.5, 0.6) is 0 Å². The monoisotopic (exact) mass is 241 g/mol. The van der Waals surface area contributed by atoms with Crippen molar-refractivity contribution in [3.63, 3.8) is 0 Å². The van der Waals surface area contributed by atoms with E-state index in [1.54, 1.807) is 4.90 Å². The van der Waals surface area contributed by atoms with E-state index < -0.39 is 11.8 Å². The van der Waals surface area contributed by atoms with E-state index in [1.807, 2.05) is 0 Å². The first-order chi connectivity index (χ1) is 8.27. The van der Waals surface area contributed by atoms with Crippen molar-refractivity contribution in [2.75, 3.05) is 39.4 Å². The molecule has 1 unspecified atom stereocenters. The molecule has 0 saturated carbocycles. The molecule has 96 valence electrons. The molecule has 2 amide bonds. The third kappa shape index (κ3) is 3.41. The zero-order chi connectivity index (χ0) is 12.1. The van der Waals surface area contributed by atoms with Gasteiger partial charge in [0.05, 0.1) is 12.6 Å².